The highest BCUT2D eigenvalue weighted by Crippen LogP contribution is 2.34. The van der Waals surface area contributed by atoms with Gasteiger partial charge in [-0.1, -0.05) is 0 Å². The highest BCUT2D eigenvalue weighted by Gasteiger charge is 2.17. The van der Waals surface area contributed by atoms with Crippen LogP contribution in [-0.2, 0) is 0 Å². The topological polar surface area (TPSA) is 91.5 Å². The quantitative estimate of drug-likeness (QED) is 0.569. The van der Waals surface area contributed by atoms with E-state index in [1.165, 1.54) is 0 Å². The Kier molecular flexibility index (Phi) is 5.68. The summed E-state index contributed by atoms with van der Waals surface area (Å²) in [7, 11) is 2.16. The van der Waals surface area contributed by atoms with E-state index in [1.54, 1.807) is 6.07 Å². The van der Waals surface area contributed by atoms with Crippen LogP contribution in [0.5, 0.6) is 11.5 Å². The molecule has 0 bridgehead atoms. The summed E-state index contributed by atoms with van der Waals surface area (Å²) < 4.78 is 11.2. The summed E-state index contributed by atoms with van der Waals surface area (Å²) in [6.07, 6.45) is 2.26. The Bertz CT molecular complexity index is 1090. The number of H-pyrrole nitrogens is 1. The van der Waals surface area contributed by atoms with Gasteiger partial charge in [-0.25, -0.2) is 0 Å². The van der Waals surface area contributed by atoms with Crippen LogP contribution in [0.3, 0.4) is 0 Å². The van der Waals surface area contributed by atoms with Crippen LogP contribution in [0, 0.1) is 0 Å². The Hall–Kier alpha value is -3.52. The van der Waals surface area contributed by atoms with E-state index in [2.05, 4.69) is 32.8 Å². The maximum Gasteiger partial charge on any atom is 0.256 e. The maximum atomic E-state index is 12.7. The van der Waals surface area contributed by atoms with Crippen molar-refractivity contribution in [3.8, 4) is 22.8 Å². The zero-order valence-electron chi connectivity index (χ0n) is 18.1. The summed E-state index contributed by atoms with van der Waals surface area (Å²) in [6.45, 7) is 3.30. The summed E-state index contributed by atoms with van der Waals surface area (Å²) in [5, 5.41) is 13.6. The molecule has 0 spiro atoms. The average Bonchev–Trinajstić information content (AvgIpc) is 3.29. The molecule has 8 nitrogen and oxygen atoms in total. The van der Waals surface area contributed by atoms with Gasteiger partial charge in [0.2, 0.25) is 0 Å². The van der Waals surface area contributed by atoms with Gasteiger partial charge in [0.25, 0.3) is 5.91 Å². The number of hydrogen-bond donors (Lipinski definition) is 3. The van der Waals surface area contributed by atoms with E-state index in [1.807, 2.05) is 42.5 Å². The highest BCUT2D eigenvalue weighted by atomic mass is 16.6. The summed E-state index contributed by atoms with van der Waals surface area (Å²) in [5.41, 5.74) is 3.23. The van der Waals surface area contributed by atoms with Crippen molar-refractivity contribution in [2.45, 2.75) is 18.9 Å². The van der Waals surface area contributed by atoms with Gasteiger partial charge in [-0.15, -0.1) is 0 Å². The molecule has 1 fully saturated rings. The lowest BCUT2D eigenvalue weighted by molar-refractivity contribution is 0.102. The molecular weight excluding hydrogens is 406 g/mol. The van der Waals surface area contributed by atoms with E-state index in [4.69, 9.17) is 9.47 Å². The second kappa shape index (κ2) is 8.92. The summed E-state index contributed by atoms with van der Waals surface area (Å²) in [5.74, 6) is 1.79. The minimum absolute atomic E-state index is 0.187. The van der Waals surface area contributed by atoms with Crippen LogP contribution >= 0.6 is 0 Å². The first-order chi connectivity index (χ1) is 15.6. The molecule has 3 aromatic rings. The van der Waals surface area contributed by atoms with Crippen LogP contribution in [0.25, 0.3) is 11.3 Å². The molecule has 0 radical (unpaired) electrons. The molecule has 0 unspecified atom stereocenters. The van der Waals surface area contributed by atoms with E-state index in [-0.39, 0.29) is 5.91 Å². The molecule has 0 atom stereocenters. The van der Waals surface area contributed by atoms with E-state index in [9.17, 15) is 4.79 Å². The molecule has 2 aromatic carbocycles. The Morgan fingerprint density at radius 1 is 1.03 bits per heavy atom. The first-order valence-electron chi connectivity index (χ1n) is 11.0. The zero-order chi connectivity index (χ0) is 21.9. The third-order valence-corrected chi connectivity index (χ3v) is 5.90. The largest absolute Gasteiger partial charge is 0.486 e. The third kappa shape index (κ3) is 4.55. The number of rotatable bonds is 5. The number of anilines is 2. The summed E-state index contributed by atoms with van der Waals surface area (Å²) in [6, 6.07) is 15.6. The van der Waals surface area contributed by atoms with Crippen LogP contribution in [0.1, 0.15) is 23.2 Å². The first kappa shape index (κ1) is 20.4. The zero-order valence-corrected chi connectivity index (χ0v) is 18.1. The Morgan fingerprint density at radius 2 is 1.78 bits per heavy atom. The molecule has 3 N–H and O–H groups in total. The molecule has 32 heavy (non-hydrogen) atoms. The fourth-order valence-electron chi connectivity index (χ4n) is 4.04. The number of ether oxygens (including phenoxy) is 2. The molecule has 166 valence electrons. The molecule has 2 aliphatic heterocycles. The number of aromatic nitrogens is 2. The van der Waals surface area contributed by atoms with Crippen molar-refractivity contribution in [2.75, 3.05) is 44.0 Å². The number of amides is 1. The van der Waals surface area contributed by atoms with Crippen molar-refractivity contribution in [1.29, 1.82) is 0 Å². The number of carbonyl (C=O) groups excluding carboxylic acids is 1. The third-order valence-electron chi connectivity index (χ3n) is 5.90. The SMILES string of the molecule is CN1CCC(Nc2ccc(C(=O)Nc3cc(-c4ccc5c(c4)OCCO5)n[nH]3)cc2)CC1. The number of likely N-dealkylation sites (tertiary alicyclic amines) is 1. The molecule has 1 aromatic heterocycles. The summed E-state index contributed by atoms with van der Waals surface area (Å²) >= 11 is 0. The van der Waals surface area contributed by atoms with Gasteiger partial charge in [-0.2, -0.15) is 5.10 Å². The number of hydrogen-bond acceptors (Lipinski definition) is 6. The van der Waals surface area contributed by atoms with Gasteiger partial charge in [0.05, 0.1) is 5.69 Å². The van der Waals surface area contributed by atoms with Crippen LogP contribution < -0.4 is 20.1 Å². The van der Waals surface area contributed by atoms with Gasteiger partial charge in [-0.3, -0.25) is 9.89 Å². The first-order valence-corrected chi connectivity index (χ1v) is 11.0. The summed E-state index contributed by atoms with van der Waals surface area (Å²) in [4.78, 5) is 15.0. The van der Waals surface area contributed by atoms with Crippen molar-refractivity contribution in [1.82, 2.24) is 15.1 Å². The lowest BCUT2D eigenvalue weighted by Gasteiger charge is -2.30. The van der Waals surface area contributed by atoms with E-state index >= 15 is 0 Å². The minimum atomic E-state index is -0.187. The molecular formula is C24H27N5O3. The second-order valence-corrected chi connectivity index (χ2v) is 8.28. The molecule has 1 saturated heterocycles. The van der Waals surface area contributed by atoms with Crippen LogP contribution in [0.2, 0.25) is 0 Å². The van der Waals surface area contributed by atoms with Gasteiger partial charge in [0.1, 0.15) is 19.0 Å². The number of aromatic amines is 1. The predicted molar refractivity (Wildman–Crippen MR) is 124 cm³/mol. The van der Waals surface area contributed by atoms with E-state index in [0.29, 0.717) is 36.4 Å². The van der Waals surface area contributed by atoms with Gasteiger partial charge < -0.3 is 25.0 Å². The lowest BCUT2D eigenvalue weighted by Crippen LogP contribution is -2.36. The number of fused-ring (bicyclic) bond motifs is 1. The smallest absolute Gasteiger partial charge is 0.256 e. The number of nitrogens with one attached hydrogen (secondary N) is 3. The Labute approximate surface area is 186 Å². The Balaban J connectivity index is 1.20. The second-order valence-electron chi connectivity index (χ2n) is 8.28. The Morgan fingerprint density at radius 3 is 2.56 bits per heavy atom. The number of piperidine rings is 1. The van der Waals surface area contributed by atoms with Gasteiger partial charge in [-0.05, 0) is 75.4 Å². The monoisotopic (exact) mass is 433 g/mol. The van der Waals surface area contributed by atoms with Crippen LogP contribution in [0.4, 0.5) is 11.5 Å². The maximum absolute atomic E-state index is 12.7. The molecule has 8 heteroatoms. The molecule has 0 aliphatic carbocycles. The molecule has 0 saturated carbocycles. The average molecular weight is 434 g/mol. The van der Waals surface area contributed by atoms with E-state index < -0.39 is 0 Å². The van der Waals surface area contributed by atoms with Crippen molar-refractivity contribution in [3.63, 3.8) is 0 Å². The van der Waals surface area contributed by atoms with E-state index in [0.717, 1.165) is 48.6 Å². The molecule has 2 aliphatic rings. The standard InChI is InChI=1S/C24H27N5O3/c1-29-10-8-19(9-11-29)25-18-5-2-16(3-6-18)24(30)26-23-15-20(27-28-23)17-4-7-21-22(14-17)32-13-12-31-21/h2-7,14-15,19,25H,8-13H2,1H3,(H2,26,27,28,30). The number of carbonyl (C=O) groups is 1. The minimum Gasteiger partial charge on any atom is -0.486 e. The van der Waals surface area contributed by atoms with Crippen molar-refractivity contribution < 1.29 is 14.3 Å². The van der Waals surface area contributed by atoms with Crippen LogP contribution in [-0.4, -0.2) is 60.4 Å². The normalized spacial score (nSPS) is 16.5. The number of nitrogens with zero attached hydrogens (tertiary/aromatic N) is 2. The van der Waals surface area contributed by atoms with Crippen molar-refractivity contribution >= 4 is 17.4 Å². The predicted octanol–water partition coefficient (Wildman–Crippen LogP) is 3.61. The van der Waals surface area contributed by atoms with Crippen LogP contribution in [0.15, 0.2) is 48.5 Å². The van der Waals surface area contributed by atoms with Gasteiger partial charge in [0.15, 0.2) is 11.5 Å². The van der Waals surface area contributed by atoms with Crippen molar-refractivity contribution in [2.24, 2.45) is 0 Å². The number of benzene rings is 2. The lowest BCUT2D eigenvalue weighted by atomic mass is 10.0. The van der Waals surface area contributed by atoms with Crippen molar-refractivity contribution in [3.05, 3.63) is 54.1 Å². The molecule has 1 amide bonds. The van der Waals surface area contributed by atoms with Gasteiger partial charge in [0, 0.05) is 28.9 Å². The molecule has 3 heterocycles. The fourth-order valence-corrected chi connectivity index (χ4v) is 4.04. The molecule has 5 rings (SSSR count). The highest BCUT2D eigenvalue weighted by molar-refractivity contribution is 6.04. The van der Waals surface area contributed by atoms with Gasteiger partial charge >= 0.3 is 0 Å². The fraction of sp³-hybridized carbons (Fsp3) is 0.333.